The molecule has 0 bridgehead atoms. The van der Waals surface area contributed by atoms with E-state index in [4.69, 9.17) is 9.84 Å². The van der Waals surface area contributed by atoms with E-state index in [1.807, 2.05) is 0 Å². The van der Waals surface area contributed by atoms with Crippen molar-refractivity contribution in [3.05, 3.63) is 59.7 Å². The Balaban J connectivity index is 0.00000227. The minimum atomic E-state index is -6.96. The van der Waals surface area contributed by atoms with Crippen LogP contribution in [0.3, 0.4) is 0 Å². The number of carbonyl (C=O) groups is 1. The molecule has 2 aromatic rings. The van der Waals surface area contributed by atoms with E-state index in [-0.39, 0.29) is 23.6 Å². The van der Waals surface area contributed by atoms with Crippen molar-refractivity contribution in [2.45, 2.75) is 23.9 Å². The van der Waals surface area contributed by atoms with E-state index in [0.29, 0.717) is 24.0 Å². The Morgan fingerprint density at radius 3 is 1.44 bits per heavy atom. The van der Waals surface area contributed by atoms with Crippen molar-refractivity contribution >= 4 is 18.9 Å². The first-order valence-electron chi connectivity index (χ1n) is 8.17. The fourth-order valence-corrected chi connectivity index (χ4v) is 2.04. The maximum atomic E-state index is 13.8. The molecule has 0 aromatic heterocycles. The van der Waals surface area contributed by atoms with E-state index in [9.17, 15) is 44.3 Å². The van der Waals surface area contributed by atoms with Gasteiger partial charge in [-0.1, -0.05) is 0 Å². The Kier molecular flexibility index (Phi) is 10.6. The summed E-state index contributed by atoms with van der Waals surface area (Å²) in [5.41, 5.74) is -1.46. The molecule has 0 fully saturated rings. The van der Waals surface area contributed by atoms with Crippen molar-refractivity contribution in [2.24, 2.45) is 0 Å². The summed E-state index contributed by atoms with van der Waals surface area (Å²) in [4.78, 5) is 10.5. The maximum Gasteiger partial charge on any atom is 0.460 e. The third-order valence-electron chi connectivity index (χ3n) is 3.61. The molecule has 13 heteroatoms. The van der Waals surface area contributed by atoms with Crippen LogP contribution in [0.25, 0.3) is 0 Å². The Morgan fingerprint density at radius 1 is 0.719 bits per heavy atom. The number of hydrogen-bond donors (Lipinski definition) is 2. The first-order valence-corrected chi connectivity index (χ1v) is 9.07. The topological polar surface area (TPSA) is 46.5 Å². The number of carbonyl (C=O) groups excluding carboxylic acids is 1. The van der Waals surface area contributed by atoms with Crippen LogP contribution < -0.4 is 4.74 Å². The molecule has 32 heavy (non-hydrogen) atoms. The zero-order valence-corrected chi connectivity index (χ0v) is 17.2. The molecule has 0 radical (unpaired) electrons. The summed E-state index contributed by atoms with van der Waals surface area (Å²) in [5, 5.41) is 7.00. The number of aliphatic hydroxyl groups excluding tert-OH is 1. The van der Waals surface area contributed by atoms with Crippen LogP contribution in [0.4, 0.5) is 39.5 Å². The number of hydrogen-bond acceptors (Lipinski definition) is 4. The number of benzene rings is 2. The SMILES string of the molecule is CO.CS.O=Cc1ccc(Oc2ccc(C(F)(F)C(F)(F)C(F)(F)C(F)(F)F)cc2)cc1. The van der Waals surface area contributed by atoms with Gasteiger partial charge >= 0.3 is 23.9 Å². The molecule has 2 rings (SSSR count). The van der Waals surface area contributed by atoms with Crippen LogP contribution in [0.15, 0.2) is 48.5 Å². The monoisotopic (exact) mass is 496 g/mol. The van der Waals surface area contributed by atoms with Gasteiger partial charge in [0.15, 0.2) is 0 Å². The van der Waals surface area contributed by atoms with Crippen molar-refractivity contribution in [2.75, 3.05) is 13.4 Å². The molecule has 0 heterocycles. The van der Waals surface area contributed by atoms with E-state index in [1.54, 1.807) is 6.26 Å². The van der Waals surface area contributed by atoms with E-state index in [2.05, 4.69) is 12.6 Å². The molecular formula is C19H17F9O3S. The molecular weight excluding hydrogens is 479 g/mol. The second-order valence-corrected chi connectivity index (χ2v) is 5.53. The van der Waals surface area contributed by atoms with Crippen molar-refractivity contribution in [3.8, 4) is 11.5 Å². The maximum absolute atomic E-state index is 13.8. The summed E-state index contributed by atoms with van der Waals surface area (Å²) in [6, 6.07) is 7.23. The number of ether oxygens (including phenoxy) is 1. The summed E-state index contributed by atoms with van der Waals surface area (Å²) in [6.45, 7) is 0. The lowest BCUT2D eigenvalue weighted by Gasteiger charge is -2.33. The first kappa shape index (κ1) is 29.6. The molecule has 0 spiro atoms. The quantitative estimate of drug-likeness (QED) is 0.278. The fourth-order valence-electron chi connectivity index (χ4n) is 2.04. The predicted octanol–water partition coefficient (Wildman–Crippen LogP) is 6.37. The van der Waals surface area contributed by atoms with E-state index < -0.39 is 29.5 Å². The summed E-state index contributed by atoms with van der Waals surface area (Å²) in [5.74, 6) is -19.6. The summed E-state index contributed by atoms with van der Waals surface area (Å²) in [7, 11) is 1.00. The van der Waals surface area contributed by atoms with Gasteiger partial charge in [-0.2, -0.15) is 52.1 Å². The molecule has 0 aliphatic heterocycles. The highest BCUT2D eigenvalue weighted by Crippen LogP contribution is 2.56. The Hall–Kier alpha value is -2.41. The van der Waals surface area contributed by atoms with Gasteiger partial charge in [0.1, 0.15) is 17.8 Å². The number of halogens is 9. The Labute approximate surface area is 182 Å². The van der Waals surface area contributed by atoms with Crippen molar-refractivity contribution in [3.63, 3.8) is 0 Å². The predicted molar refractivity (Wildman–Crippen MR) is 101 cm³/mol. The largest absolute Gasteiger partial charge is 0.460 e. The molecule has 0 unspecified atom stereocenters. The highest BCUT2D eigenvalue weighted by atomic mass is 32.1. The molecule has 3 nitrogen and oxygen atoms in total. The summed E-state index contributed by atoms with van der Waals surface area (Å²) < 4.78 is 122. The lowest BCUT2D eigenvalue weighted by atomic mass is 9.97. The Bertz CT molecular complexity index is 837. The molecule has 0 saturated carbocycles. The lowest BCUT2D eigenvalue weighted by molar-refractivity contribution is -0.399. The molecule has 2 aromatic carbocycles. The lowest BCUT2D eigenvalue weighted by Crippen LogP contribution is -2.59. The second kappa shape index (κ2) is 11.5. The van der Waals surface area contributed by atoms with Gasteiger partial charge in [0, 0.05) is 18.2 Å². The van der Waals surface area contributed by atoms with Crippen LogP contribution in [0.1, 0.15) is 15.9 Å². The standard InChI is InChI=1S/C17H9F9O2.CH4O.CH4S/c18-14(19,15(20,21)16(22,23)17(24,25)26)11-3-7-13(8-4-11)28-12-5-1-10(9-27)2-6-12;2*1-2/h1-9H;2*2H,1H3. The van der Waals surface area contributed by atoms with Gasteiger partial charge in [0.2, 0.25) is 0 Å². The van der Waals surface area contributed by atoms with Gasteiger partial charge in [0.25, 0.3) is 0 Å². The van der Waals surface area contributed by atoms with Gasteiger partial charge < -0.3 is 9.84 Å². The Morgan fingerprint density at radius 2 is 1.09 bits per heavy atom. The van der Waals surface area contributed by atoms with E-state index in [1.165, 1.54) is 24.3 Å². The van der Waals surface area contributed by atoms with Crippen molar-refractivity contribution in [1.82, 2.24) is 0 Å². The van der Waals surface area contributed by atoms with Crippen LogP contribution in [-0.2, 0) is 5.92 Å². The van der Waals surface area contributed by atoms with Crippen LogP contribution in [0.2, 0.25) is 0 Å². The van der Waals surface area contributed by atoms with Crippen LogP contribution >= 0.6 is 12.6 Å². The minimum Gasteiger partial charge on any atom is -0.457 e. The van der Waals surface area contributed by atoms with E-state index in [0.717, 1.165) is 7.11 Å². The normalized spacial score (nSPS) is 12.0. The number of aliphatic hydroxyl groups is 1. The molecule has 180 valence electrons. The molecule has 0 aliphatic rings. The number of alkyl halides is 9. The average molecular weight is 496 g/mol. The van der Waals surface area contributed by atoms with Gasteiger partial charge in [-0.05, 0) is 54.8 Å². The molecule has 1 N–H and O–H groups in total. The smallest absolute Gasteiger partial charge is 0.457 e. The summed E-state index contributed by atoms with van der Waals surface area (Å²) in [6.07, 6.45) is -4.64. The minimum absolute atomic E-state index is 0.124. The second-order valence-electron chi connectivity index (χ2n) is 5.53. The number of thiol groups is 1. The van der Waals surface area contributed by atoms with Crippen LogP contribution in [-0.4, -0.2) is 42.8 Å². The highest BCUT2D eigenvalue weighted by Gasteiger charge is 2.81. The highest BCUT2D eigenvalue weighted by molar-refractivity contribution is 7.79. The number of rotatable bonds is 6. The third-order valence-corrected chi connectivity index (χ3v) is 3.61. The third kappa shape index (κ3) is 6.09. The van der Waals surface area contributed by atoms with Crippen LogP contribution in [0.5, 0.6) is 11.5 Å². The van der Waals surface area contributed by atoms with Gasteiger partial charge in [-0.25, -0.2) is 0 Å². The molecule has 0 amide bonds. The zero-order valence-electron chi connectivity index (χ0n) is 16.3. The zero-order chi connectivity index (χ0) is 25.4. The van der Waals surface area contributed by atoms with Gasteiger partial charge in [-0.15, -0.1) is 0 Å². The average Bonchev–Trinajstić information content (AvgIpc) is 2.76. The van der Waals surface area contributed by atoms with Gasteiger partial charge in [-0.3, -0.25) is 4.79 Å². The van der Waals surface area contributed by atoms with E-state index >= 15 is 0 Å². The molecule has 0 aliphatic carbocycles. The van der Waals surface area contributed by atoms with Crippen molar-refractivity contribution < 1.29 is 54.2 Å². The number of aldehydes is 1. The van der Waals surface area contributed by atoms with Gasteiger partial charge in [0.05, 0.1) is 0 Å². The molecule has 0 atom stereocenters. The first-order chi connectivity index (χ1) is 14.7. The van der Waals surface area contributed by atoms with Crippen molar-refractivity contribution in [1.29, 1.82) is 0 Å². The molecule has 0 saturated heterocycles. The summed E-state index contributed by atoms with van der Waals surface area (Å²) >= 11 is 3.53. The van der Waals surface area contributed by atoms with Crippen LogP contribution in [0, 0.1) is 0 Å². The fraction of sp³-hybridized carbons (Fsp3) is 0.316.